The van der Waals surface area contributed by atoms with Crippen LogP contribution < -0.4 is 4.90 Å². The van der Waals surface area contributed by atoms with E-state index in [4.69, 9.17) is 5.26 Å². The number of aromatic nitrogens is 4. The van der Waals surface area contributed by atoms with Gasteiger partial charge in [0.05, 0.1) is 11.6 Å². The fraction of sp³-hybridized carbons (Fsp3) is 0.100. The summed E-state index contributed by atoms with van der Waals surface area (Å²) >= 11 is 0. The minimum absolute atomic E-state index is 0.0186. The largest absolute Gasteiger partial charge is 0.309 e. The highest BCUT2D eigenvalue weighted by molar-refractivity contribution is 6.02. The molecule has 0 spiro atoms. The van der Waals surface area contributed by atoms with Crippen LogP contribution in [0.2, 0.25) is 0 Å². The predicted octanol–water partition coefficient (Wildman–Crippen LogP) is 0.348. The third kappa shape index (κ3) is 2.10. The van der Waals surface area contributed by atoms with Gasteiger partial charge in [0.1, 0.15) is 0 Å². The molecule has 2 aromatic rings. The lowest BCUT2D eigenvalue weighted by Crippen LogP contribution is -2.27. The third-order valence-corrected chi connectivity index (χ3v) is 2.20. The molecule has 1 aromatic heterocycles. The summed E-state index contributed by atoms with van der Waals surface area (Å²) in [5, 5.41) is 21.5. The molecule has 7 nitrogen and oxygen atoms in total. The minimum Gasteiger partial charge on any atom is -0.309 e. The van der Waals surface area contributed by atoms with Crippen molar-refractivity contribution in [2.75, 3.05) is 11.9 Å². The van der Waals surface area contributed by atoms with Crippen LogP contribution >= 0.6 is 0 Å². The fourth-order valence-electron chi connectivity index (χ4n) is 1.30. The molecule has 1 aromatic carbocycles. The molecule has 0 bridgehead atoms. The molecule has 0 unspecified atom stereocenters. The average molecular weight is 228 g/mol. The van der Waals surface area contributed by atoms with Crippen molar-refractivity contribution in [2.45, 2.75) is 0 Å². The van der Waals surface area contributed by atoms with Crippen molar-refractivity contribution in [3.63, 3.8) is 0 Å². The number of carbonyl (C=O) groups excluding carboxylic acids is 1. The molecule has 0 aliphatic rings. The molecule has 0 saturated heterocycles. The number of tetrazole rings is 1. The van der Waals surface area contributed by atoms with E-state index in [1.54, 1.807) is 31.3 Å². The number of aromatic amines is 1. The second-order valence-electron chi connectivity index (χ2n) is 3.26. The number of nitriles is 1. The summed E-state index contributed by atoms with van der Waals surface area (Å²) in [5.41, 5.74) is 1.08. The lowest BCUT2D eigenvalue weighted by atomic mass is 10.2. The molecule has 17 heavy (non-hydrogen) atoms. The molecule has 84 valence electrons. The zero-order valence-electron chi connectivity index (χ0n) is 8.95. The maximum Gasteiger partial charge on any atom is 0.299 e. The van der Waals surface area contributed by atoms with Gasteiger partial charge in [0.15, 0.2) is 0 Å². The fourth-order valence-corrected chi connectivity index (χ4v) is 1.30. The van der Waals surface area contributed by atoms with Crippen LogP contribution in [0, 0.1) is 11.3 Å². The lowest BCUT2D eigenvalue weighted by molar-refractivity contribution is 0.0983. The van der Waals surface area contributed by atoms with E-state index in [2.05, 4.69) is 20.6 Å². The number of hydrogen-bond donors (Lipinski definition) is 1. The Morgan fingerprint density at radius 2 is 2.35 bits per heavy atom. The van der Waals surface area contributed by atoms with Gasteiger partial charge in [-0.2, -0.15) is 10.5 Å². The first-order chi connectivity index (χ1) is 8.22. The summed E-state index contributed by atoms with van der Waals surface area (Å²) < 4.78 is 0. The summed E-state index contributed by atoms with van der Waals surface area (Å²) in [6.45, 7) is 0. The average Bonchev–Trinajstić information content (AvgIpc) is 2.91. The summed E-state index contributed by atoms with van der Waals surface area (Å²) in [6.07, 6.45) is 0. The smallest absolute Gasteiger partial charge is 0.299 e. The van der Waals surface area contributed by atoms with Gasteiger partial charge in [-0.15, -0.1) is 10.2 Å². The van der Waals surface area contributed by atoms with Crippen LogP contribution in [0.5, 0.6) is 0 Å². The van der Waals surface area contributed by atoms with E-state index in [0.29, 0.717) is 11.3 Å². The van der Waals surface area contributed by atoms with Gasteiger partial charge in [-0.3, -0.25) is 4.79 Å². The van der Waals surface area contributed by atoms with Crippen molar-refractivity contribution in [1.29, 1.82) is 5.26 Å². The number of carbonyl (C=O) groups is 1. The number of rotatable bonds is 2. The van der Waals surface area contributed by atoms with E-state index >= 15 is 0 Å². The highest BCUT2D eigenvalue weighted by atomic mass is 16.2. The lowest BCUT2D eigenvalue weighted by Gasteiger charge is -2.14. The maximum absolute atomic E-state index is 11.9. The topological polar surface area (TPSA) is 98.6 Å². The van der Waals surface area contributed by atoms with Crippen LogP contribution in [0.1, 0.15) is 16.2 Å². The Balaban J connectivity index is 2.28. The van der Waals surface area contributed by atoms with Crippen LogP contribution in [0.25, 0.3) is 0 Å². The van der Waals surface area contributed by atoms with Crippen LogP contribution in [-0.4, -0.2) is 33.6 Å². The molecule has 1 N–H and O–H groups in total. The van der Waals surface area contributed by atoms with Gasteiger partial charge in [0.25, 0.3) is 11.7 Å². The third-order valence-electron chi connectivity index (χ3n) is 2.20. The summed E-state index contributed by atoms with van der Waals surface area (Å²) in [5.74, 6) is -0.413. The molecule has 0 aliphatic heterocycles. The van der Waals surface area contributed by atoms with Gasteiger partial charge < -0.3 is 4.90 Å². The van der Waals surface area contributed by atoms with Crippen LogP contribution in [0.4, 0.5) is 5.69 Å². The SMILES string of the molecule is CN(C(=O)c1nn[nH]n1)c1cccc(C#N)c1. The molecule has 0 atom stereocenters. The maximum atomic E-state index is 11.9. The number of hydrogen-bond acceptors (Lipinski definition) is 5. The normalized spacial score (nSPS) is 9.65. The van der Waals surface area contributed by atoms with Crippen LogP contribution in [-0.2, 0) is 0 Å². The van der Waals surface area contributed by atoms with Gasteiger partial charge in [0.2, 0.25) is 0 Å². The Kier molecular flexibility index (Phi) is 2.79. The Bertz CT molecular complexity index is 571. The number of nitrogens with one attached hydrogen (secondary N) is 1. The van der Waals surface area contributed by atoms with Crippen molar-refractivity contribution in [2.24, 2.45) is 0 Å². The Morgan fingerprint density at radius 3 is 3.00 bits per heavy atom. The summed E-state index contributed by atoms with van der Waals surface area (Å²) in [7, 11) is 1.58. The Hall–Kier alpha value is -2.75. The first kappa shape index (κ1) is 10.8. The van der Waals surface area contributed by atoms with Crippen molar-refractivity contribution in [3.05, 3.63) is 35.7 Å². The van der Waals surface area contributed by atoms with Gasteiger partial charge in [-0.1, -0.05) is 6.07 Å². The second kappa shape index (κ2) is 4.40. The van der Waals surface area contributed by atoms with Crippen LogP contribution in [0.3, 0.4) is 0 Å². The summed E-state index contributed by atoms with van der Waals surface area (Å²) in [4.78, 5) is 13.2. The number of amides is 1. The number of anilines is 1. The molecule has 0 fully saturated rings. The van der Waals surface area contributed by atoms with E-state index in [1.165, 1.54) is 4.90 Å². The molecule has 0 radical (unpaired) electrons. The van der Waals surface area contributed by atoms with Gasteiger partial charge in [-0.25, -0.2) is 0 Å². The van der Waals surface area contributed by atoms with E-state index in [9.17, 15) is 4.79 Å². The summed E-state index contributed by atoms with van der Waals surface area (Å²) in [6, 6.07) is 8.70. The molecule has 0 aliphatic carbocycles. The molecule has 7 heteroatoms. The van der Waals surface area contributed by atoms with E-state index in [0.717, 1.165) is 0 Å². The molecular weight excluding hydrogens is 220 g/mol. The first-order valence-electron chi connectivity index (χ1n) is 4.74. The van der Waals surface area contributed by atoms with E-state index < -0.39 is 5.91 Å². The van der Waals surface area contributed by atoms with Crippen LogP contribution in [0.15, 0.2) is 24.3 Å². The highest BCUT2D eigenvalue weighted by Crippen LogP contribution is 2.15. The van der Waals surface area contributed by atoms with Gasteiger partial charge >= 0.3 is 0 Å². The zero-order chi connectivity index (χ0) is 12.3. The number of H-pyrrole nitrogens is 1. The molecule has 1 amide bonds. The zero-order valence-corrected chi connectivity index (χ0v) is 8.95. The Morgan fingerprint density at radius 1 is 1.53 bits per heavy atom. The van der Waals surface area contributed by atoms with Gasteiger partial charge in [0, 0.05) is 12.7 Å². The standard InChI is InChI=1S/C10H8N6O/c1-16(10(17)9-12-14-15-13-9)8-4-2-3-7(5-8)6-11/h2-5H,1H3,(H,12,13,14,15). The van der Waals surface area contributed by atoms with Gasteiger partial charge in [-0.05, 0) is 23.4 Å². The first-order valence-corrected chi connectivity index (χ1v) is 4.74. The predicted molar refractivity (Wildman–Crippen MR) is 58.1 cm³/mol. The van der Waals surface area contributed by atoms with E-state index in [1.807, 2.05) is 6.07 Å². The van der Waals surface area contributed by atoms with E-state index in [-0.39, 0.29) is 5.82 Å². The number of nitrogens with zero attached hydrogens (tertiary/aromatic N) is 5. The second-order valence-corrected chi connectivity index (χ2v) is 3.26. The van der Waals surface area contributed by atoms with Crippen molar-refractivity contribution in [3.8, 4) is 6.07 Å². The quantitative estimate of drug-likeness (QED) is 0.799. The van der Waals surface area contributed by atoms with Crippen molar-refractivity contribution >= 4 is 11.6 Å². The molecular formula is C10H8N6O. The number of benzene rings is 1. The highest BCUT2D eigenvalue weighted by Gasteiger charge is 2.17. The molecule has 0 saturated carbocycles. The van der Waals surface area contributed by atoms with Crippen molar-refractivity contribution < 1.29 is 4.79 Å². The molecule has 2 rings (SSSR count). The monoisotopic (exact) mass is 228 g/mol. The van der Waals surface area contributed by atoms with Crippen molar-refractivity contribution in [1.82, 2.24) is 20.6 Å². The Labute approximate surface area is 96.7 Å². The molecule has 1 heterocycles. The minimum atomic E-state index is -0.395.